The van der Waals surface area contributed by atoms with Crippen LogP contribution >= 0.6 is 0 Å². The molecule has 0 unspecified atom stereocenters. The lowest BCUT2D eigenvalue weighted by atomic mass is 9.79. The average Bonchev–Trinajstić information content (AvgIpc) is 2.93. The van der Waals surface area contributed by atoms with E-state index in [1.54, 1.807) is 0 Å². The number of ether oxygens (including phenoxy) is 1. The van der Waals surface area contributed by atoms with E-state index in [-0.39, 0.29) is 11.4 Å². The van der Waals surface area contributed by atoms with E-state index in [9.17, 15) is 4.79 Å². The van der Waals surface area contributed by atoms with Crippen molar-refractivity contribution in [1.29, 1.82) is 0 Å². The summed E-state index contributed by atoms with van der Waals surface area (Å²) in [6.07, 6.45) is 6.48. The molecule has 6 nitrogen and oxygen atoms in total. The normalized spacial score (nSPS) is 21.6. The van der Waals surface area contributed by atoms with Crippen LogP contribution in [0.1, 0.15) is 49.1 Å². The number of aromatic nitrogens is 1. The van der Waals surface area contributed by atoms with Gasteiger partial charge in [0.2, 0.25) is 5.91 Å². The van der Waals surface area contributed by atoms with Gasteiger partial charge in [-0.15, -0.1) is 0 Å². The van der Waals surface area contributed by atoms with Gasteiger partial charge in [-0.1, -0.05) is 24.4 Å². The molecule has 1 aliphatic carbocycles. The predicted molar refractivity (Wildman–Crippen MR) is 90.9 cm³/mol. The minimum Gasteiger partial charge on any atom is -0.379 e. The van der Waals surface area contributed by atoms with Gasteiger partial charge in [-0.3, -0.25) is 9.69 Å². The highest BCUT2D eigenvalue weighted by molar-refractivity contribution is 5.79. The quantitative estimate of drug-likeness (QED) is 0.891. The Morgan fingerprint density at radius 3 is 2.54 bits per heavy atom. The Morgan fingerprint density at radius 1 is 1.21 bits per heavy atom. The van der Waals surface area contributed by atoms with Crippen LogP contribution < -0.4 is 5.32 Å². The summed E-state index contributed by atoms with van der Waals surface area (Å²) in [6, 6.07) is 0. The van der Waals surface area contributed by atoms with Crippen LogP contribution in [0.4, 0.5) is 0 Å². The number of nitrogens with zero attached hydrogens (tertiary/aromatic N) is 2. The van der Waals surface area contributed by atoms with E-state index in [0.29, 0.717) is 6.42 Å². The maximum atomic E-state index is 12.5. The van der Waals surface area contributed by atoms with Crippen LogP contribution in [-0.2, 0) is 16.0 Å². The highest BCUT2D eigenvalue weighted by atomic mass is 16.5. The number of hydrogen-bond acceptors (Lipinski definition) is 5. The number of nitrogens with one attached hydrogen (secondary N) is 1. The first-order chi connectivity index (χ1) is 11.6. The van der Waals surface area contributed by atoms with E-state index >= 15 is 0 Å². The van der Waals surface area contributed by atoms with Gasteiger partial charge in [0.15, 0.2) is 0 Å². The number of hydrogen-bond donors (Lipinski definition) is 1. The summed E-state index contributed by atoms with van der Waals surface area (Å²) >= 11 is 0. The summed E-state index contributed by atoms with van der Waals surface area (Å²) in [5.41, 5.74) is 1.83. The zero-order valence-corrected chi connectivity index (χ0v) is 14.9. The summed E-state index contributed by atoms with van der Waals surface area (Å²) in [5.74, 6) is 0.797. The molecule has 1 saturated heterocycles. The first-order valence-corrected chi connectivity index (χ1v) is 9.12. The molecule has 0 atom stereocenters. The predicted octanol–water partition coefficient (Wildman–Crippen LogP) is 1.99. The van der Waals surface area contributed by atoms with Crippen LogP contribution in [0.5, 0.6) is 0 Å². The Hall–Kier alpha value is -1.40. The summed E-state index contributed by atoms with van der Waals surface area (Å²) in [4.78, 5) is 15.0. The second kappa shape index (κ2) is 7.66. The first kappa shape index (κ1) is 17.4. The minimum absolute atomic E-state index is 0.0580. The molecule has 1 aromatic heterocycles. The van der Waals surface area contributed by atoms with Crippen molar-refractivity contribution in [2.75, 3.05) is 32.8 Å². The van der Waals surface area contributed by atoms with E-state index in [1.165, 1.54) is 32.1 Å². The van der Waals surface area contributed by atoms with Crippen LogP contribution in [0.15, 0.2) is 4.52 Å². The van der Waals surface area contributed by atoms with Crippen LogP contribution in [0.2, 0.25) is 0 Å². The number of morpholine rings is 1. The maximum Gasteiger partial charge on any atom is 0.224 e. The van der Waals surface area contributed by atoms with Gasteiger partial charge in [-0.25, -0.2) is 0 Å². The Bertz CT molecular complexity index is 538. The third-order valence-corrected chi connectivity index (χ3v) is 5.60. The van der Waals surface area contributed by atoms with Gasteiger partial charge in [0.25, 0.3) is 0 Å². The Labute approximate surface area is 143 Å². The molecule has 24 heavy (non-hydrogen) atoms. The van der Waals surface area contributed by atoms with E-state index in [4.69, 9.17) is 9.26 Å². The first-order valence-electron chi connectivity index (χ1n) is 9.12. The van der Waals surface area contributed by atoms with Crippen molar-refractivity contribution in [1.82, 2.24) is 15.4 Å². The van der Waals surface area contributed by atoms with Crippen LogP contribution in [-0.4, -0.2) is 54.4 Å². The third kappa shape index (κ3) is 3.81. The largest absolute Gasteiger partial charge is 0.379 e. The van der Waals surface area contributed by atoms with Gasteiger partial charge in [0, 0.05) is 30.7 Å². The topological polar surface area (TPSA) is 67.6 Å². The molecule has 134 valence electrons. The summed E-state index contributed by atoms with van der Waals surface area (Å²) < 4.78 is 10.7. The standard InChI is InChI=1S/C18H29N3O3/c1-14-16(15(2)24-20-14)12-17(22)19-13-18(6-4-3-5-7-18)21-8-10-23-11-9-21/h3-13H2,1-2H3,(H,19,22). The third-order valence-electron chi connectivity index (χ3n) is 5.60. The Kier molecular flexibility index (Phi) is 5.56. The molecule has 0 bridgehead atoms. The molecule has 1 saturated carbocycles. The van der Waals surface area contributed by atoms with Crippen molar-refractivity contribution >= 4 is 5.91 Å². The molecule has 1 amide bonds. The molecule has 0 radical (unpaired) electrons. The summed E-state index contributed by atoms with van der Waals surface area (Å²) in [5, 5.41) is 7.12. The van der Waals surface area contributed by atoms with Gasteiger partial charge >= 0.3 is 0 Å². The van der Waals surface area contributed by atoms with Crippen LogP contribution in [0.25, 0.3) is 0 Å². The van der Waals surface area contributed by atoms with Gasteiger partial charge in [0.1, 0.15) is 5.76 Å². The zero-order chi connectivity index (χ0) is 17.0. The Balaban J connectivity index is 1.61. The second-order valence-electron chi connectivity index (χ2n) is 7.14. The highest BCUT2D eigenvalue weighted by Gasteiger charge is 2.38. The van der Waals surface area contributed by atoms with E-state index in [0.717, 1.165) is 49.9 Å². The fourth-order valence-corrected chi connectivity index (χ4v) is 4.09. The molecule has 2 fully saturated rings. The molecular formula is C18H29N3O3. The van der Waals surface area contributed by atoms with Crippen molar-refractivity contribution in [2.45, 2.75) is 57.9 Å². The molecule has 3 rings (SSSR count). The number of amides is 1. The smallest absolute Gasteiger partial charge is 0.224 e. The number of aryl methyl sites for hydroxylation is 2. The van der Waals surface area contributed by atoms with Crippen LogP contribution in [0, 0.1) is 13.8 Å². The van der Waals surface area contributed by atoms with Crippen molar-refractivity contribution in [3.05, 3.63) is 17.0 Å². The van der Waals surface area contributed by atoms with Crippen LogP contribution in [0.3, 0.4) is 0 Å². The fraction of sp³-hybridized carbons (Fsp3) is 0.778. The molecule has 1 aromatic rings. The van der Waals surface area contributed by atoms with Gasteiger partial charge < -0.3 is 14.6 Å². The minimum atomic E-state index is 0.0580. The van der Waals surface area contributed by atoms with E-state index < -0.39 is 0 Å². The van der Waals surface area contributed by atoms with Gasteiger partial charge in [-0.05, 0) is 26.7 Å². The lowest BCUT2D eigenvalue weighted by Crippen LogP contribution is -2.59. The van der Waals surface area contributed by atoms with E-state index in [2.05, 4.69) is 15.4 Å². The lowest BCUT2D eigenvalue weighted by Gasteiger charge is -2.48. The van der Waals surface area contributed by atoms with Crippen molar-refractivity contribution in [3.8, 4) is 0 Å². The second-order valence-corrected chi connectivity index (χ2v) is 7.14. The molecule has 2 aliphatic rings. The molecule has 2 heterocycles. The maximum absolute atomic E-state index is 12.5. The molecular weight excluding hydrogens is 306 g/mol. The fourth-order valence-electron chi connectivity index (χ4n) is 4.09. The monoisotopic (exact) mass is 335 g/mol. The molecule has 1 N–H and O–H groups in total. The summed E-state index contributed by atoms with van der Waals surface area (Å²) in [6.45, 7) is 8.02. The molecule has 6 heteroatoms. The van der Waals surface area contributed by atoms with Crippen molar-refractivity contribution < 1.29 is 14.1 Å². The average molecular weight is 335 g/mol. The van der Waals surface area contributed by atoms with Crippen molar-refractivity contribution in [3.63, 3.8) is 0 Å². The van der Waals surface area contributed by atoms with Gasteiger partial charge in [-0.2, -0.15) is 0 Å². The number of rotatable bonds is 5. The number of carbonyl (C=O) groups excluding carboxylic acids is 1. The molecule has 0 spiro atoms. The molecule has 1 aliphatic heterocycles. The van der Waals surface area contributed by atoms with E-state index in [1.807, 2.05) is 13.8 Å². The van der Waals surface area contributed by atoms with Gasteiger partial charge in [0.05, 0.1) is 25.3 Å². The SMILES string of the molecule is Cc1noc(C)c1CC(=O)NCC1(N2CCOCC2)CCCCC1. The highest BCUT2D eigenvalue weighted by Crippen LogP contribution is 2.33. The number of carbonyl (C=O) groups is 1. The van der Waals surface area contributed by atoms with Crippen molar-refractivity contribution in [2.24, 2.45) is 0 Å². The lowest BCUT2D eigenvalue weighted by molar-refractivity contribution is -0.121. The Morgan fingerprint density at radius 2 is 1.92 bits per heavy atom. The molecule has 0 aromatic carbocycles. The summed E-state index contributed by atoms with van der Waals surface area (Å²) in [7, 11) is 0. The zero-order valence-electron chi connectivity index (χ0n) is 14.9.